The first-order valence-electron chi connectivity index (χ1n) is 9.01. The summed E-state index contributed by atoms with van der Waals surface area (Å²) in [7, 11) is 0. The van der Waals surface area contributed by atoms with Gasteiger partial charge in [0.05, 0.1) is 24.0 Å². The number of aliphatic hydroxyl groups excluding tert-OH is 1. The van der Waals surface area contributed by atoms with E-state index in [-0.39, 0.29) is 18.1 Å². The van der Waals surface area contributed by atoms with Gasteiger partial charge in [0.15, 0.2) is 5.69 Å². The Balaban J connectivity index is 1.64. The molecule has 0 radical (unpaired) electrons. The van der Waals surface area contributed by atoms with Crippen molar-refractivity contribution in [2.24, 2.45) is 0 Å². The van der Waals surface area contributed by atoms with E-state index in [2.05, 4.69) is 20.6 Å². The monoisotopic (exact) mass is 391 g/mol. The highest BCUT2D eigenvalue weighted by Gasteiger charge is 2.21. The summed E-state index contributed by atoms with van der Waals surface area (Å²) in [5, 5.41) is 22.4. The second kappa shape index (κ2) is 7.76. The zero-order chi connectivity index (χ0) is 20.4. The molecule has 0 aliphatic heterocycles. The van der Waals surface area contributed by atoms with Crippen LogP contribution in [0.2, 0.25) is 0 Å². The first kappa shape index (κ1) is 18.7. The Bertz CT molecular complexity index is 1170. The minimum absolute atomic E-state index is 0.150. The zero-order valence-electron chi connectivity index (χ0n) is 15.6. The summed E-state index contributed by atoms with van der Waals surface area (Å²) in [5.41, 5.74) is 2.08. The summed E-state index contributed by atoms with van der Waals surface area (Å²) >= 11 is 0. The van der Waals surface area contributed by atoms with E-state index >= 15 is 0 Å². The number of aliphatic hydroxyl groups is 1. The Kier molecular flexibility index (Phi) is 5.01. The lowest BCUT2D eigenvalue weighted by atomic mass is 10.1. The molecular formula is C21H18FN5O2. The summed E-state index contributed by atoms with van der Waals surface area (Å²) in [6, 6.07) is 12.5. The largest absolute Gasteiger partial charge is 0.394 e. The highest BCUT2D eigenvalue weighted by molar-refractivity contribution is 5.94. The quantitative estimate of drug-likeness (QED) is 0.546. The highest BCUT2D eigenvalue weighted by Crippen LogP contribution is 2.23. The molecular weight excluding hydrogens is 373 g/mol. The van der Waals surface area contributed by atoms with Crippen LogP contribution in [-0.2, 0) is 0 Å². The maximum atomic E-state index is 13.1. The van der Waals surface area contributed by atoms with Gasteiger partial charge in [-0.05, 0) is 36.8 Å². The second-order valence-corrected chi connectivity index (χ2v) is 6.57. The number of hydrogen-bond acceptors (Lipinski definition) is 5. The molecule has 0 fully saturated rings. The van der Waals surface area contributed by atoms with Crippen LogP contribution < -0.4 is 5.32 Å². The van der Waals surface area contributed by atoms with Gasteiger partial charge in [-0.3, -0.25) is 9.78 Å². The van der Waals surface area contributed by atoms with Crippen molar-refractivity contribution in [3.63, 3.8) is 0 Å². The number of nitrogens with one attached hydrogen (secondary N) is 1. The Labute approximate surface area is 165 Å². The lowest BCUT2D eigenvalue weighted by molar-refractivity contribution is 0.0910. The van der Waals surface area contributed by atoms with E-state index in [1.54, 1.807) is 24.0 Å². The van der Waals surface area contributed by atoms with Crippen LogP contribution in [0.4, 0.5) is 4.39 Å². The lowest BCUT2D eigenvalue weighted by Crippen LogP contribution is -2.31. The third-order valence-corrected chi connectivity index (χ3v) is 4.76. The van der Waals surface area contributed by atoms with Gasteiger partial charge in [-0.15, -0.1) is 5.10 Å². The average Bonchev–Trinajstić information content (AvgIpc) is 3.13. The number of pyridine rings is 1. The van der Waals surface area contributed by atoms with Crippen LogP contribution in [0.15, 0.2) is 60.9 Å². The molecule has 0 aliphatic carbocycles. The molecule has 29 heavy (non-hydrogen) atoms. The molecule has 0 aliphatic rings. The molecule has 2 heterocycles. The molecule has 146 valence electrons. The number of carbonyl (C=O) groups excluding carboxylic acids is 1. The van der Waals surface area contributed by atoms with Crippen molar-refractivity contribution < 1.29 is 14.3 Å². The molecule has 2 aromatic heterocycles. The second-order valence-electron chi connectivity index (χ2n) is 6.57. The third-order valence-electron chi connectivity index (χ3n) is 4.76. The van der Waals surface area contributed by atoms with Crippen LogP contribution in [0.25, 0.3) is 16.5 Å². The zero-order valence-corrected chi connectivity index (χ0v) is 15.6. The van der Waals surface area contributed by atoms with Crippen molar-refractivity contribution in [2.45, 2.75) is 13.0 Å². The number of hydrogen-bond donors (Lipinski definition) is 2. The molecule has 8 heteroatoms. The van der Waals surface area contributed by atoms with Gasteiger partial charge < -0.3 is 10.4 Å². The molecule has 4 aromatic rings. The fourth-order valence-corrected chi connectivity index (χ4v) is 3.21. The van der Waals surface area contributed by atoms with E-state index in [1.165, 1.54) is 24.3 Å². The smallest absolute Gasteiger partial charge is 0.274 e. The molecule has 1 amide bonds. The molecule has 1 unspecified atom stereocenters. The molecule has 0 saturated carbocycles. The number of aromatic nitrogens is 4. The molecule has 2 N–H and O–H groups in total. The number of nitrogens with zero attached hydrogens (tertiary/aromatic N) is 4. The molecule has 0 bridgehead atoms. The molecule has 4 rings (SSSR count). The van der Waals surface area contributed by atoms with Crippen LogP contribution >= 0.6 is 0 Å². The number of carbonyl (C=O) groups is 1. The van der Waals surface area contributed by atoms with Crippen molar-refractivity contribution in [1.82, 2.24) is 25.3 Å². The van der Waals surface area contributed by atoms with Gasteiger partial charge in [0.25, 0.3) is 5.91 Å². The fraction of sp³-hybridized carbons (Fsp3) is 0.143. The van der Waals surface area contributed by atoms with Gasteiger partial charge in [0.1, 0.15) is 5.82 Å². The standard InChI is InChI=1S/C21H18FN5O2/c1-13-20(21(29)24-18(12-28)14-5-7-16(22)8-6-14)25-26-27(13)19-4-2-3-15-11-23-10-9-17(15)19/h2-11,18,28H,12H2,1H3,(H,24,29). The molecule has 0 saturated heterocycles. The average molecular weight is 391 g/mol. The van der Waals surface area contributed by atoms with Crippen LogP contribution in [0.1, 0.15) is 27.8 Å². The Hall–Kier alpha value is -3.65. The van der Waals surface area contributed by atoms with Gasteiger partial charge in [0, 0.05) is 23.2 Å². The fourth-order valence-electron chi connectivity index (χ4n) is 3.21. The molecule has 0 spiro atoms. The molecule has 7 nitrogen and oxygen atoms in total. The summed E-state index contributed by atoms with van der Waals surface area (Å²) < 4.78 is 14.7. The number of benzene rings is 2. The summed E-state index contributed by atoms with van der Waals surface area (Å²) in [4.78, 5) is 16.9. The van der Waals surface area contributed by atoms with Gasteiger partial charge in [-0.25, -0.2) is 9.07 Å². The SMILES string of the molecule is Cc1c(C(=O)NC(CO)c2ccc(F)cc2)nnn1-c1cccc2cnccc12. The maximum Gasteiger partial charge on any atom is 0.274 e. The molecule has 1 atom stereocenters. The predicted octanol–water partition coefficient (Wildman–Crippen LogP) is 2.73. The van der Waals surface area contributed by atoms with Gasteiger partial charge in [-0.2, -0.15) is 0 Å². The van der Waals surface area contributed by atoms with Crippen molar-refractivity contribution in [1.29, 1.82) is 0 Å². The molecule has 2 aromatic carbocycles. The topological polar surface area (TPSA) is 92.9 Å². The number of rotatable bonds is 5. The Morgan fingerprint density at radius 1 is 1.21 bits per heavy atom. The Morgan fingerprint density at radius 2 is 2.00 bits per heavy atom. The van der Waals surface area contributed by atoms with E-state index in [4.69, 9.17) is 0 Å². The lowest BCUT2D eigenvalue weighted by Gasteiger charge is -2.16. The minimum atomic E-state index is -0.684. The summed E-state index contributed by atoms with van der Waals surface area (Å²) in [6.45, 7) is 1.42. The predicted molar refractivity (Wildman–Crippen MR) is 105 cm³/mol. The van der Waals surface area contributed by atoms with E-state index in [0.29, 0.717) is 11.3 Å². The number of fused-ring (bicyclic) bond motifs is 1. The van der Waals surface area contributed by atoms with Gasteiger partial charge in [0.2, 0.25) is 0 Å². The van der Waals surface area contributed by atoms with E-state index in [9.17, 15) is 14.3 Å². The van der Waals surface area contributed by atoms with Crippen LogP contribution in [0, 0.1) is 12.7 Å². The van der Waals surface area contributed by atoms with Crippen LogP contribution in [0.3, 0.4) is 0 Å². The van der Waals surface area contributed by atoms with Gasteiger partial charge in [-0.1, -0.05) is 29.5 Å². The van der Waals surface area contributed by atoms with Crippen molar-refractivity contribution in [3.8, 4) is 5.69 Å². The van der Waals surface area contributed by atoms with Crippen molar-refractivity contribution >= 4 is 16.7 Å². The van der Waals surface area contributed by atoms with Crippen LogP contribution in [-0.4, -0.2) is 37.6 Å². The van der Waals surface area contributed by atoms with Gasteiger partial charge >= 0.3 is 0 Å². The summed E-state index contributed by atoms with van der Waals surface area (Å²) in [6.07, 6.45) is 3.45. The number of amides is 1. The normalized spacial score (nSPS) is 12.1. The van der Waals surface area contributed by atoms with Crippen molar-refractivity contribution in [3.05, 3.63) is 83.7 Å². The minimum Gasteiger partial charge on any atom is -0.394 e. The van der Waals surface area contributed by atoms with E-state index in [0.717, 1.165) is 16.5 Å². The summed E-state index contributed by atoms with van der Waals surface area (Å²) in [5.74, 6) is -0.861. The first-order chi connectivity index (χ1) is 14.1. The third kappa shape index (κ3) is 3.57. The van der Waals surface area contributed by atoms with E-state index in [1.807, 2.05) is 24.3 Å². The maximum absolute atomic E-state index is 13.1. The van der Waals surface area contributed by atoms with Crippen LogP contribution in [0.5, 0.6) is 0 Å². The first-order valence-corrected chi connectivity index (χ1v) is 9.01. The van der Waals surface area contributed by atoms with Crippen molar-refractivity contribution in [2.75, 3.05) is 6.61 Å². The Morgan fingerprint density at radius 3 is 2.76 bits per heavy atom. The number of halogens is 1. The highest BCUT2D eigenvalue weighted by atomic mass is 19.1. The van der Waals surface area contributed by atoms with E-state index < -0.39 is 11.9 Å².